The van der Waals surface area contributed by atoms with Gasteiger partial charge in [0, 0.05) is 61.8 Å². The highest BCUT2D eigenvalue weighted by Gasteiger charge is 2.38. The molecule has 28 heavy (non-hydrogen) atoms. The molecule has 1 aromatic carbocycles. The third kappa shape index (κ3) is 4.48. The molecule has 1 aromatic heterocycles. The van der Waals surface area contributed by atoms with Gasteiger partial charge in [-0.1, -0.05) is 18.2 Å². The van der Waals surface area contributed by atoms with Crippen LogP contribution in [0, 0.1) is 12.8 Å². The number of hydrogen-bond donors (Lipinski definition) is 2. The average molecular weight is 427 g/mol. The lowest BCUT2D eigenvalue weighted by atomic mass is 9.83. The van der Waals surface area contributed by atoms with Crippen molar-refractivity contribution in [1.82, 2.24) is 20.1 Å². The molecular weight excluding hydrogens is 395 g/mol. The number of likely N-dealkylation sites (tertiary alicyclic amines) is 2. The number of carbonyl (C=O) groups is 1. The maximum Gasteiger partial charge on any atom is 0.222 e. The zero-order chi connectivity index (χ0) is 18.1. The molecule has 2 aliphatic heterocycles. The van der Waals surface area contributed by atoms with Crippen molar-refractivity contribution in [2.24, 2.45) is 5.92 Å². The van der Waals surface area contributed by atoms with Gasteiger partial charge in [0.2, 0.25) is 5.91 Å². The van der Waals surface area contributed by atoms with Crippen LogP contribution in [0.25, 0.3) is 10.9 Å². The van der Waals surface area contributed by atoms with Crippen molar-refractivity contribution in [3.63, 3.8) is 0 Å². The number of rotatable bonds is 5. The largest absolute Gasteiger partial charge is 0.357 e. The van der Waals surface area contributed by atoms with E-state index in [1.807, 2.05) is 7.05 Å². The van der Waals surface area contributed by atoms with E-state index in [0.29, 0.717) is 24.3 Å². The van der Waals surface area contributed by atoms with E-state index in [4.69, 9.17) is 0 Å². The molecule has 0 unspecified atom stereocenters. The summed E-state index contributed by atoms with van der Waals surface area (Å²) in [7, 11) is 1.96. The van der Waals surface area contributed by atoms with Crippen molar-refractivity contribution < 1.29 is 4.79 Å². The van der Waals surface area contributed by atoms with Crippen molar-refractivity contribution in [3.05, 3.63) is 35.5 Å². The van der Waals surface area contributed by atoms with E-state index in [1.165, 1.54) is 22.2 Å². The Kier molecular flexibility index (Phi) is 8.19. The number of hydrogen-bond acceptors (Lipinski definition) is 3. The fourth-order valence-corrected chi connectivity index (χ4v) is 4.81. The van der Waals surface area contributed by atoms with Crippen LogP contribution in [0.5, 0.6) is 0 Å². The van der Waals surface area contributed by atoms with Crippen LogP contribution in [0.2, 0.25) is 0 Å². The van der Waals surface area contributed by atoms with E-state index in [2.05, 4.69) is 51.3 Å². The van der Waals surface area contributed by atoms with Gasteiger partial charge in [-0.25, -0.2) is 0 Å². The molecule has 2 atom stereocenters. The van der Waals surface area contributed by atoms with E-state index in [0.717, 1.165) is 45.6 Å². The number of nitrogens with one attached hydrogen (secondary N) is 2. The van der Waals surface area contributed by atoms with Crippen molar-refractivity contribution >= 4 is 41.6 Å². The summed E-state index contributed by atoms with van der Waals surface area (Å²) in [5.41, 5.74) is 3.94. The van der Waals surface area contributed by atoms with Crippen LogP contribution in [0.15, 0.2) is 24.3 Å². The topological polar surface area (TPSA) is 51.4 Å². The molecule has 2 aliphatic rings. The smallest absolute Gasteiger partial charge is 0.222 e. The number of piperidine rings is 2. The predicted octanol–water partition coefficient (Wildman–Crippen LogP) is 3.35. The maximum atomic E-state index is 12.4. The quantitative estimate of drug-likeness (QED) is 0.770. The molecule has 0 aliphatic carbocycles. The van der Waals surface area contributed by atoms with Crippen LogP contribution >= 0.6 is 24.8 Å². The molecule has 4 rings (SSSR count). The van der Waals surface area contributed by atoms with Gasteiger partial charge in [0.25, 0.3) is 0 Å². The highest BCUT2D eigenvalue weighted by Crippen LogP contribution is 2.32. The molecule has 2 aromatic rings. The molecule has 5 nitrogen and oxygen atoms in total. The predicted molar refractivity (Wildman–Crippen MR) is 120 cm³/mol. The number of benzene rings is 1. The van der Waals surface area contributed by atoms with Crippen LogP contribution in [0.3, 0.4) is 0 Å². The molecule has 0 saturated carbocycles. The standard InChI is InChI=1S/C21H30N4O.2ClH/c1-15-17-5-3-4-6-18(17)23-19(15)14-24-11-9-20-16(13-24)7-8-21(26)25(20)12-10-22-2;;/h3-6,16,20,22-23H,7-14H2,1-2H3;2*1H/t16-,20+;;/m0../s1. The summed E-state index contributed by atoms with van der Waals surface area (Å²) in [5.74, 6) is 0.962. The second-order valence-corrected chi connectivity index (χ2v) is 7.85. The van der Waals surface area contributed by atoms with Gasteiger partial charge in [-0.05, 0) is 44.4 Å². The minimum absolute atomic E-state index is 0. The van der Waals surface area contributed by atoms with Crippen LogP contribution in [0.1, 0.15) is 30.5 Å². The van der Waals surface area contributed by atoms with E-state index in [1.54, 1.807) is 0 Å². The molecular formula is C21H32Cl2N4O. The number of amides is 1. The number of halogens is 2. The third-order valence-electron chi connectivity index (χ3n) is 6.28. The molecule has 0 spiro atoms. The zero-order valence-corrected chi connectivity index (χ0v) is 18.4. The molecule has 7 heteroatoms. The Bertz CT molecular complexity index is 794. The van der Waals surface area contributed by atoms with Gasteiger partial charge < -0.3 is 15.2 Å². The Balaban J connectivity index is 0.00000140. The molecule has 156 valence electrons. The first-order valence-corrected chi connectivity index (χ1v) is 9.90. The van der Waals surface area contributed by atoms with E-state index in [-0.39, 0.29) is 24.8 Å². The third-order valence-corrected chi connectivity index (χ3v) is 6.28. The lowest BCUT2D eigenvalue weighted by molar-refractivity contribution is -0.141. The lowest BCUT2D eigenvalue weighted by Gasteiger charge is -2.47. The summed E-state index contributed by atoms with van der Waals surface area (Å²) in [6, 6.07) is 8.99. The summed E-state index contributed by atoms with van der Waals surface area (Å²) in [6.07, 6.45) is 2.85. The summed E-state index contributed by atoms with van der Waals surface area (Å²) >= 11 is 0. The molecule has 0 bridgehead atoms. The molecule has 1 amide bonds. The Morgan fingerprint density at radius 1 is 1.21 bits per heavy atom. The highest BCUT2D eigenvalue weighted by molar-refractivity contribution is 5.86. The SMILES string of the molecule is CNCCN1C(=O)CC[C@H]2CN(Cc3[nH]c4ccccc4c3C)CC[C@H]21.Cl.Cl. The van der Waals surface area contributed by atoms with Crippen molar-refractivity contribution in [2.45, 2.75) is 38.8 Å². The number of fused-ring (bicyclic) bond motifs is 2. The van der Waals surface area contributed by atoms with Crippen LogP contribution in [0.4, 0.5) is 0 Å². The van der Waals surface area contributed by atoms with Gasteiger partial charge in [-0.15, -0.1) is 24.8 Å². The maximum absolute atomic E-state index is 12.4. The van der Waals surface area contributed by atoms with E-state index in [9.17, 15) is 4.79 Å². The molecule has 2 saturated heterocycles. The van der Waals surface area contributed by atoms with Gasteiger partial charge in [0.05, 0.1) is 0 Å². The van der Waals surface area contributed by atoms with Crippen molar-refractivity contribution in [3.8, 4) is 0 Å². The number of H-pyrrole nitrogens is 1. The highest BCUT2D eigenvalue weighted by atomic mass is 35.5. The molecule has 0 radical (unpaired) electrons. The summed E-state index contributed by atoms with van der Waals surface area (Å²) < 4.78 is 0. The van der Waals surface area contributed by atoms with Crippen LogP contribution in [-0.4, -0.2) is 60.0 Å². The fourth-order valence-electron chi connectivity index (χ4n) is 4.81. The summed E-state index contributed by atoms with van der Waals surface area (Å²) in [4.78, 5) is 20.7. The second-order valence-electron chi connectivity index (χ2n) is 7.85. The molecule has 2 N–H and O–H groups in total. The minimum Gasteiger partial charge on any atom is -0.357 e. The average Bonchev–Trinajstić information content (AvgIpc) is 2.97. The Hall–Kier alpha value is -1.27. The number of nitrogens with zero attached hydrogens (tertiary/aromatic N) is 2. The zero-order valence-electron chi connectivity index (χ0n) is 16.7. The fraction of sp³-hybridized carbons (Fsp3) is 0.571. The van der Waals surface area contributed by atoms with Crippen LogP contribution in [-0.2, 0) is 11.3 Å². The van der Waals surface area contributed by atoms with Crippen molar-refractivity contribution in [2.75, 3.05) is 33.2 Å². The van der Waals surface area contributed by atoms with Gasteiger partial charge in [-0.3, -0.25) is 9.69 Å². The number of aromatic amines is 1. The Morgan fingerprint density at radius 2 is 2.00 bits per heavy atom. The number of likely N-dealkylation sites (N-methyl/N-ethyl adjacent to an activating group) is 1. The number of aryl methyl sites for hydroxylation is 1. The first-order valence-electron chi connectivity index (χ1n) is 9.90. The van der Waals surface area contributed by atoms with Gasteiger partial charge in [0.1, 0.15) is 0 Å². The van der Waals surface area contributed by atoms with Gasteiger partial charge in [-0.2, -0.15) is 0 Å². The number of carbonyl (C=O) groups excluding carboxylic acids is 1. The van der Waals surface area contributed by atoms with Gasteiger partial charge in [0.15, 0.2) is 0 Å². The monoisotopic (exact) mass is 426 g/mol. The number of aromatic nitrogens is 1. The first-order chi connectivity index (χ1) is 12.7. The summed E-state index contributed by atoms with van der Waals surface area (Å²) in [5, 5.41) is 4.52. The Labute approximate surface area is 180 Å². The first kappa shape index (κ1) is 23.0. The number of para-hydroxylation sites is 1. The Morgan fingerprint density at radius 3 is 2.75 bits per heavy atom. The second kappa shape index (κ2) is 9.97. The van der Waals surface area contributed by atoms with E-state index >= 15 is 0 Å². The van der Waals surface area contributed by atoms with Crippen molar-refractivity contribution in [1.29, 1.82) is 0 Å². The van der Waals surface area contributed by atoms with Gasteiger partial charge >= 0.3 is 0 Å². The van der Waals surface area contributed by atoms with Crippen LogP contribution < -0.4 is 5.32 Å². The molecule has 2 fully saturated rings. The lowest BCUT2D eigenvalue weighted by Crippen LogP contribution is -2.56. The normalized spacial score (nSPS) is 22.5. The molecule has 3 heterocycles. The minimum atomic E-state index is 0. The van der Waals surface area contributed by atoms with E-state index < -0.39 is 0 Å². The summed E-state index contributed by atoms with van der Waals surface area (Å²) in [6.45, 7) is 7.10.